The zero-order chi connectivity index (χ0) is 20.9. The molecule has 2 aromatic carbocycles. The van der Waals surface area contributed by atoms with E-state index in [1.165, 1.54) is 31.2 Å². The number of hydrogen-bond donors (Lipinski definition) is 2. The van der Waals surface area contributed by atoms with Crippen molar-refractivity contribution in [1.29, 1.82) is 0 Å². The van der Waals surface area contributed by atoms with Gasteiger partial charge >= 0.3 is 0 Å². The molecule has 9 heteroatoms. The Morgan fingerprint density at radius 3 is 2.45 bits per heavy atom. The van der Waals surface area contributed by atoms with E-state index in [0.717, 1.165) is 0 Å². The van der Waals surface area contributed by atoms with Crippen LogP contribution >= 0.6 is 0 Å². The Morgan fingerprint density at radius 1 is 1.07 bits per heavy atom. The second kappa shape index (κ2) is 9.06. The van der Waals surface area contributed by atoms with E-state index in [0.29, 0.717) is 23.7 Å². The van der Waals surface area contributed by atoms with Crippen LogP contribution in [0.5, 0.6) is 11.5 Å². The number of ketones is 1. The van der Waals surface area contributed by atoms with E-state index in [2.05, 4.69) is 10.0 Å². The van der Waals surface area contributed by atoms with Gasteiger partial charge in [-0.05, 0) is 31.2 Å². The summed E-state index contributed by atoms with van der Waals surface area (Å²) in [7, 11) is -3.75. The highest BCUT2D eigenvalue weighted by Crippen LogP contribution is 2.30. The van der Waals surface area contributed by atoms with Crippen molar-refractivity contribution in [1.82, 2.24) is 10.0 Å². The van der Waals surface area contributed by atoms with Crippen LogP contribution in [-0.2, 0) is 14.8 Å². The minimum absolute atomic E-state index is 0.0189. The quantitative estimate of drug-likeness (QED) is 0.629. The third kappa shape index (κ3) is 5.55. The molecule has 0 aromatic heterocycles. The van der Waals surface area contributed by atoms with E-state index < -0.39 is 10.0 Å². The summed E-state index contributed by atoms with van der Waals surface area (Å²) in [6.07, 6.45) is -0.333. The second-order valence-corrected chi connectivity index (χ2v) is 8.30. The topological polar surface area (TPSA) is 111 Å². The van der Waals surface area contributed by atoms with Crippen molar-refractivity contribution >= 4 is 21.7 Å². The number of fused-ring (bicyclic) bond motifs is 1. The van der Waals surface area contributed by atoms with Gasteiger partial charge in [0.25, 0.3) is 0 Å². The molecule has 29 heavy (non-hydrogen) atoms. The molecule has 0 bridgehead atoms. The molecule has 1 aliphatic rings. The lowest BCUT2D eigenvalue weighted by atomic mass is 10.2. The minimum atomic E-state index is -3.75. The lowest BCUT2D eigenvalue weighted by molar-refractivity contribution is -0.121. The summed E-state index contributed by atoms with van der Waals surface area (Å²) >= 11 is 0. The maximum atomic E-state index is 12.3. The van der Waals surface area contributed by atoms with Gasteiger partial charge in [0.1, 0.15) is 12.7 Å². The van der Waals surface area contributed by atoms with Crippen LogP contribution in [0.4, 0.5) is 0 Å². The van der Waals surface area contributed by atoms with Crippen molar-refractivity contribution in [2.75, 3.05) is 19.7 Å². The monoisotopic (exact) mass is 418 g/mol. The number of para-hydroxylation sites is 2. The molecule has 1 aliphatic heterocycles. The van der Waals surface area contributed by atoms with Crippen molar-refractivity contribution in [3.05, 3.63) is 54.1 Å². The normalized spacial score (nSPS) is 15.6. The maximum absolute atomic E-state index is 12.3. The third-order valence-electron chi connectivity index (χ3n) is 4.31. The van der Waals surface area contributed by atoms with Gasteiger partial charge < -0.3 is 14.8 Å². The molecule has 1 atom stereocenters. The number of Topliss-reactive ketones (excluding diaryl/α,β-unsaturated/α-hetero) is 1. The van der Waals surface area contributed by atoms with E-state index in [4.69, 9.17) is 9.47 Å². The minimum Gasteiger partial charge on any atom is -0.486 e. The Labute approximate surface area is 169 Å². The first-order chi connectivity index (χ1) is 13.8. The first-order valence-electron chi connectivity index (χ1n) is 9.11. The molecule has 0 unspecified atom stereocenters. The highest BCUT2D eigenvalue weighted by molar-refractivity contribution is 7.89. The third-order valence-corrected chi connectivity index (χ3v) is 5.79. The SMILES string of the molecule is CC(=O)c1ccc(S(=O)(=O)NCCC(=O)NC[C@H]2COc3ccccc3O2)cc1. The van der Waals surface area contributed by atoms with Crippen molar-refractivity contribution < 1.29 is 27.5 Å². The van der Waals surface area contributed by atoms with Gasteiger partial charge in [-0.25, -0.2) is 13.1 Å². The summed E-state index contributed by atoms with van der Waals surface area (Å²) in [6.45, 7) is 1.93. The van der Waals surface area contributed by atoms with E-state index in [1.54, 1.807) is 6.07 Å². The average molecular weight is 418 g/mol. The standard InChI is InChI=1S/C20H22N2O6S/c1-14(23)15-6-8-17(9-7-15)29(25,26)22-11-10-20(24)21-12-16-13-27-18-4-2-3-5-19(18)28-16/h2-9,16,22H,10-13H2,1H3,(H,21,24)/t16-/m0/s1. The number of ether oxygens (including phenoxy) is 2. The molecule has 0 saturated carbocycles. The van der Waals surface area contributed by atoms with E-state index in [9.17, 15) is 18.0 Å². The lowest BCUT2D eigenvalue weighted by Gasteiger charge is -2.26. The number of nitrogens with one attached hydrogen (secondary N) is 2. The summed E-state index contributed by atoms with van der Waals surface area (Å²) in [6, 6.07) is 12.9. The number of sulfonamides is 1. The smallest absolute Gasteiger partial charge is 0.240 e. The Kier molecular flexibility index (Phi) is 6.50. The average Bonchev–Trinajstić information content (AvgIpc) is 2.72. The van der Waals surface area contributed by atoms with Gasteiger partial charge in [-0.1, -0.05) is 24.3 Å². The molecule has 3 rings (SSSR count). The maximum Gasteiger partial charge on any atom is 0.240 e. The van der Waals surface area contributed by atoms with Gasteiger partial charge in [0.05, 0.1) is 11.4 Å². The van der Waals surface area contributed by atoms with Crippen LogP contribution in [-0.4, -0.2) is 45.9 Å². The van der Waals surface area contributed by atoms with Crippen LogP contribution in [0.25, 0.3) is 0 Å². The molecule has 0 spiro atoms. The van der Waals surface area contributed by atoms with Gasteiger partial charge in [-0.2, -0.15) is 0 Å². The van der Waals surface area contributed by atoms with Gasteiger partial charge in [0, 0.05) is 18.5 Å². The Balaban J connectivity index is 1.42. The summed E-state index contributed by atoms with van der Waals surface area (Å²) in [5.41, 5.74) is 0.430. The Morgan fingerprint density at radius 2 is 1.76 bits per heavy atom. The number of amides is 1. The lowest BCUT2D eigenvalue weighted by Crippen LogP contribution is -2.41. The van der Waals surface area contributed by atoms with E-state index >= 15 is 0 Å². The molecule has 2 N–H and O–H groups in total. The number of hydrogen-bond acceptors (Lipinski definition) is 6. The molecule has 2 aromatic rings. The molecule has 154 valence electrons. The number of benzene rings is 2. The fourth-order valence-corrected chi connectivity index (χ4v) is 3.76. The van der Waals surface area contributed by atoms with Crippen LogP contribution in [0.2, 0.25) is 0 Å². The molecular formula is C20H22N2O6S. The van der Waals surface area contributed by atoms with Crippen LogP contribution in [0.3, 0.4) is 0 Å². The Bertz CT molecular complexity index is 988. The molecule has 0 fully saturated rings. The molecule has 0 saturated heterocycles. The zero-order valence-electron chi connectivity index (χ0n) is 15.9. The fraction of sp³-hybridized carbons (Fsp3) is 0.300. The summed E-state index contributed by atoms with van der Waals surface area (Å²) in [5.74, 6) is 0.846. The number of carbonyl (C=O) groups is 2. The summed E-state index contributed by atoms with van der Waals surface area (Å²) in [5, 5.41) is 2.71. The first kappa shape index (κ1) is 20.8. The van der Waals surface area contributed by atoms with Crippen molar-refractivity contribution in [2.24, 2.45) is 0 Å². The van der Waals surface area contributed by atoms with E-state index in [-0.39, 0.29) is 42.2 Å². The number of carbonyl (C=O) groups excluding carboxylic acids is 2. The largest absolute Gasteiger partial charge is 0.486 e. The molecule has 0 aliphatic carbocycles. The van der Waals surface area contributed by atoms with Gasteiger partial charge in [0.15, 0.2) is 17.3 Å². The first-order valence-corrected chi connectivity index (χ1v) is 10.6. The molecule has 1 heterocycles. The van der Waals surface area contributed by atoms with Gasteiger partial charge in [-0.15, -0.1) is 0 Å². The molecular weight excluding hydrogens is 396 g/mol. The number of rotatable bonds is 8. The highest BCUT2D eigenvalue weighted by atomic mass is 32.2. The predicted molar refractivity (Wildman–Crippen MR) is 106 cm³/mol. The predicted octanol–water partition coefficient (Wildman–Crippen LogP) is 1.51. The zero-order valence-corrected chi connectivity index (χ0v) is 16.7. The molecule has 1 amide bonds. The van der Waals surface area contributed by atoms with Crippen molar-refractivity contribution in [3.63, 3.8) is 0 Å². The summed E-state index contributed by atoms with van der Waals surface area (Å²) < 4.78 is 38.2. The van der Waals surface area contributed by atoms with Crippen LogP contribution in [0, 0.1) is 0 Å². The highest BCUT2D eigenvalue weighted by Gasteiger charge is 2.21. The Hall–Kier alpha value is -2.91. The van der Waals surface area contributed by atoms with Crippen LogP contribution in [0.1, 0.15) is 23.7 Å². The van der Waals surface area contributed by atoms with Crippen molar-refractivity contribution in [2.45, 2.75) is 24.3 Å². The van der Waals surface area contributed by atoms with Crippen molar-refractivity contribution in [3.8, 4) is 11.5 Å². The van der Waals surface area contributed by atoms with Gasteiger partial charge in [0.2, 0.25) is 15.9 Å². The summed E-state index contributed by atoms with van der Waals surface area (Å²) in [4.78, 5) is 23.3. The van der Waals surface area contributed by atoms with Crippen LogP contribution < -0.4 is 19.5 Å². The van der Waals surface area contributed by atoms with Gasteiger partial charge in [-0.3, -0.25) is 9.59 Å². The molecule has 8 nitrogen and oxygen atoms in total. The second-order valence-electron chi connectivity index (χ2n) is 6.53. The fourth-order valence-electron chi connectivity index (χ4n) is 2.73. The van der Waals surface area contributed by atoms with E-state index in [1.807, 2.05) is 18.2 Å². The van der Waals surface area contributed by atoms with Crippen LogP contribution in [0.15, 0.2) is 53.4 Å². The molecule has 0 radical (unpaired) electrons.